The number of aromatic nitrogens is 2. The number of carbonyl (C=O) groups excluding carboxylic acids is 1. The Hall–Kier alpha value is -1.80. The molecule has 1 aliphatic rings. The number of para-hydroxylation sites is 1. The number of H-pyrrole nitrogens is 1. The number of benzene rings is 1. The Morgan fingerprint density at radius 2 is 2.07 bits per heavy atom. The number of nitrogens with one attached hydrogen (secondary N) is 2. The molecule has 2 heterocycles. The molecule has 5 nitrogen and oxygen atoms in total. The van der Waals surface area contributed by atoms with Gasteiger partial charge in [0.05, 0.1) is 21.5 Å². The van der Waals surface area contributed by atoms with Crippen molar-refractivity contribution in [3.8, 4) is 0 Å². The molecule has 30 heavy (non-hydrogen) atoms. The van der Waals surface area contributed by atoms with Crippen LogP contribution in [0.2, 0.25) is 10.0 Å². The maximum absolute atomic E-state index is 13.3. The van der Waals surface area contributed by atoms with E-state index in [2.05, 4.69) is 16.9 Å². The van der Waals surface area contributed by atoms with E-state index >= 15 is 0 Å². The van der Waals surface area contributed by atoms with Gasteiger partial charge in [0.25, 0.3) is 0 Å². The van der Waals surface area contributed by atoms with Crippen LogP contribution in [0.5, 0.6) is 0 Å². The van der Waals surface area contributed by atoms with E-state index < -0.39 is 0 Å². The van der Waals surface area contributed by atoms with Crippen molar-refractivity contribution in [1.82, 2.24) is 4.57 Å². The minimum absolute atomic E-state index is 0.0248. The second-order valence-corrected chi connectivity index (χ2v) is 10.2. The molecular formula is C21H20Cl2N3O2S2+. The van der Waals surface area contributed by atoms with Gasteiger partial charge < -0.3 is 5.32 Å². The third kappa shape index (κ3) is 4.17. The molecule has 0 aliphatic heterocycles. The number of allylic oxidation sites excluding steroid dienone is 1. The molecule has 0 fully saturated rings. The van der Waals surface area contributed by atoms with Gasteiger partial charge in [-0.05, 0) is 61.2 Å². The van der Waals surface area contributed by atoms with Crippen molar-refractivity contribution in [3.63, 3.8) is 0 Å². The summed E-state index contributed by atoms with van der Waals surface area (Å²) in [5.41, 5.74) is 2.41. The van der Waals surface area contributed by atoms with E-state index in [1.807, 2.05) is 6.92 Å². The first-order chi connectivity index (χ1) is 14.3. The molecule has 4 rings (SSSR count). The number of rotatable bonds is 6. The monoisotopic (exact) mass is 480 g/mol. The lowest BCUT2D eigenvalue weighted by molar-refractivity contribution is -0.404. The largest absolute Gasteiger partial charge is 0.347 e. The van der Waals surface area contributed by atoms with E-state index in [0.717, 1.165) is 35.1 Å². The Kier molecular flexibility index (Phi) is 6.25. The predicted octanol–water partition coefficient (Wildman–Crippen LogP) is 4.98. The van der Waals surface area contributed by atoms with E-state index in [0.29, 0.717) is 27.4 Å². The maximum atomic E-state index is 13.3. The number of thioether (sulfide) groups is 1. The van der Waals surface area contributed by atoms with Crippen molar-refractivity contribution >= 4 is 68.1 Å². The molecule has 0 radical (unpaired) electrons. The minimum atomic E-state index is -0.258. The highest BCUT2D eigenvalue weighted by Gasteiger charge is 2.27. The molecule has 0 saturated carbocycles. The first-order valence-electron chi connectivity index (χ1n) is 9.46. The number of carbonyl (C=O) groups is 1. The molecule has 0 saturated heterocycles. The number of thiophene rings is 1. The summed E-state index contributed by atoms with van der Waals surface area (Å²) in [5, 5.41) is 4.92. The van der Waals surface area contributed by atoms with Crippen LogP contribution >= 0.6 is 46.3 Å². The van der Waals surface area contributed by atoms with Crippen molar-refractivity contribution in [2.75, 3.05) is 11.1 Å². The molecule has 0 spiro atoms. The standard InChI is InChI=1S/C21H19Cl2N3O2S2/c1-11(2)9-26-20(28)17-12-5-3-8-15(12)30-19(17)25-21(26)29-10-16(27)24-18-13(22)6-4-7-14(18)23/h4,6-7H,1,3,5,8-10H2,2H3,(H,24,27)/p+1. The Bertz CT molecular complexity index is 1210. The van der Waals surface area contributed by atoms with Crippen LogP contribution in [0, 0.1) is 0 Å². The van der Waals surface area contributed by atoms with Gasteiger partial charge in [0.2, 0.25) is 5.91 Å². The molecular weight excluding hydrogens is 461 g/mol. The number of fused-ring (bicyclic) bond motifs is 3. The Morgan fingerprint density at radius 1 is 1.33 bits per heavy atom. The van der Waals surface area contributed by atoms with Gasteiger partial charge in [-0.15, -0.1) is 0 Å². The van der Waals surface area contributed by atoms with Crippen LogP contribution in [0.25, 0.3) is 10.2 Å². The summed E-state index contributed by atoms with van der Waals surface area (Å²) in [4.78, 5) is 31.4. The normalized spacial score (nSPS) is 12.9. The van der Waals surface area contributed by atoms with Crippen LogP contribution in [0.1, 0.15) is 23.8 Å². The lowest BCUT2D eigenvalue weighted by Gasteiger charge is -2.09. The molecule has 1 amide bonds. The van der Waals surface area contributed by atoms with Crippen LogP contribution in [0.3, 0.4) is 0 Å². The predicted molar refractivity (Wildman–Crippen MR) is 125 cm³/mol. The van der Waals surface area contributed by atoms with E-state index in [4.69, 9.17) is 23.2 Å². The van der Waals surface area contributed by atoms with Crippen molar-refractivity contribution in [2.45, 2.75) is 37.9 Å². The van der Waals surface area contributed by atoms with Gasteiger partial charge in [0.1, 0.15) is 11.9 Å². The van der Waals surface area contributed by atoms with E-state index in [9.17, 15) is 9.59 Å². The average Bonchev–Trinajstić information content (AvgIpc) is 3.26. The summed E-state index contributed by atoms with van der Waals surface area (Å²) in [6.45, 7) is 6.24. The molecule has 0 bridgehead atoms. The quantitative estimate of drug-likeness (QED) is 0.307. The molecule has 9 heteroatoms. The van der Waals surface area contributed by atoms with Gasteiger partial charge in [-0.3, -0.25) is 4.79 Å². The fraction of sp³-hybridized carbons (Fsp3) is 0.286. The summed E-state index contributed by atoms with van der Waals surface area (Å²) in [7, 11) is 0. The summed E-state index contributed by atoms with van der Waals surface area (Å²) >= 11 is 15.2. The molecule has 1 aromatic carbocycles. The first-order valence-corrected chi connectivity index (χ1v) is 12.0. The van der Waals surface area contributed by atoms with Gasteiger partial charge in [0.15, 0.2) is 4.83 Å². The number of anilines is 1. The lowest BCUT2D eigenvalue weighted by atomic mass is 10.2. The summed E-state index contributed by atoms with van der Waals surface area (Å²) in [6, 6.07) is 5.05. The molecule has 2 N–H and O–H groups in total. The number of aryl methyl sites for hydroxylation is 2. The van der Waals surface area contributed by atoms with Gasteiger partial charge in [-0.1, -0.05) is 47.2 Å². The summed E-state index contributed by atoms with van der Waals surface area (Å²) in [5.74, 6) is -0.156. The highest BCUT2D eigenvalue weighted by molar-refractivity contribution is 7.99. The number of halogens is 2. The fourth-order valence-electron chi connectivity index (χ4n) is 3.56. The van der Waals surface area contributed by atoms with Crippen LogP contribution in [0.4, 0.5) is 5.69 Å². The molecule has 3 aromatic rings. The SMILES string of the molecule is C=C(C)Cn1c(SCC(=O)Nc2c(Cl)cccc2Cl)[nH+]c2sc3c(c2c1=O)CCC3. The smallest absolute Gasteiger partial charge is 0.323 e. The zero-order valence-corrected chi connectivity index (χ0v) is 19.5. The molecule has 1 aliphatic carbocycles. The van der Waals surface area contributed by atoms with E-state index in [1.165, 1.54) is 22.2 Å². The number of aromatic amines is 1. The second kappa shape index (κ2) is 8.75. The van der Waals surface area contributed by atoms with Gasteiger partial charge in [-0.25, -0.2) is 9.78 Å². The van der Waals surface area contributed by atoms with Gasteiger partial charge in [-0.2, -0.15) is 4.57 Å². The molecule has 0 unspecified atom stereocenters. The van der Waals surface area contributed by atoms with Crippen LogP contribution in [0.15, 0.2) is 40.3 Å². The average molecular weight is 481 g/mol. The number of nitrogens with zero attached hydrogens (tertiary/aromatic N) is 1. The maximum Gasteiger partial charge on any atom is 0.347 e. The van der Waals surface area contributed by atoms with Crippen LogP contribution < -0.4 is 15.9 Å². The number of amides is 1. The van der Waals surface area contributed by atoms with E-state index in [-0.39, 0.29) is 17.2 Å². The number of hydrogen-bond acceptors (Lipinski definition) is 4. The minimum Gasteiger partial charge on any atom is -0.323 e. The first kappa shape index (κ1) is 21.4. The zero-order valence-electron chi connectivity index (χ0n) is 16.3. The van der Waals surface area contributed by atoms with Crippen molar-refractivity contribution in [2.24, 2.45) is 0 Å². The highest BCUT2D eigenvalue weighted by Crippen LogP contribution is 2.34. The van der Waals surface area contributed by atoms with E-state index in [1.54, 1.807) is 34.1 Å². The fourth-order valence-corrected chi connectivity index (χ4v) is 6.22. The van der Waals surface area contributed by atoms with Gasteiger partial charge in [0, 0.05) is 4.88 Å². The molecule has 2 aromatic heterocycles. The second-order valence-electron chi connectivity index (χ2n) is 7.27. The Balaban J connectivity index is 1.62. The van der Waals surface area contributed by atoms with Crippen molar-refractivity contribution in [3.05, 3.63) is 61.2 Å². The lowest BCUT2D eigenvalue weighted by Crippen LogP contribution is -2.30. The van der Waals surface area contributed by atoms with Crippen LogP contribution in [-0.2, 0) is 24.2 Å². The Morgan fingerprint density at radius 3 is 2.77 bits per heavy atom. The molecule has 0 atom stereocenters. The topological polar surface area (TPSA) is 65.2 Å². The van der Waals surface area contributed by atoms with Crippen molar-refractivity contribution in [1.29, 1.82) is 0 Å². The molecule has 156 valence electrons. The Labute approximate surface area is 192 Å². The third-order valence-electron chi connectivity index (χ3n) is 4.84. The third-order valence-corrected chi connectivity index (χ3v) is 7.68. The zero-order chi connectivity index (χ0) is 21.4. The highest BCUT2D eigenvalue weighted by atomic mass is 35.5. The summed E-state index contributed by atoms with van der Waals surface area (Å²) in [6.07, 6.45) is 3.06. The van der Waals surface area contributed by atoms with Gasteiger partial charge >= 0.3 is 10.7 Å². The number of hydrogen-bond donors (Lipinski definition) is 1. The van der Waals surface area contributed by atoms with Crippen LogP contribution in [-0.4, -0.2) is 16.2 Å². The summed E-state index contributed by atoms with van der Waals surface area (Å²) < 4.78 is 1.68. The van der Waals surface area contributed by atoms with Crippen molar-refractivity contribution < 1.29 is 9.78 Å².